The van der Waals surface area contributed by atoms with Crippen LogP contribution < -0.4 is 0 Å². The van der Waals surface area contributed by atoms with Crippen LogP contribution in [0.5, 0.6) is 0 Å². The summed E-state index contributed by atoms with van der Waals surface area (Å²) in [6.07, 6.45) is 6.54. The van der Waals surface area contributed by atoms with Gasteiger partial charge in [-0.3, -0.25) is 9.69 Å². The van der Waals surface area contributed by atoms with E-state index in [1.807, 2.05) is 6.07 Å². The maximum Gasteiger partial charge on any atom is 0.319 e. The number of aromatic nitrogens is 1. The number of ether oxygens (including phenoxy) is 1. The second-order valence-electron chi connectivity index (χ2n) is 4.91. The number of carbonyl (C=O) groups is 1. The molecule has 0 radical (unpaired) electrons. The highest BCUT2D eigenvalue weighted by Gasteiger charge is 2.24. The number of rotatable bonds is 5. The molecule has 1 heterocycles. The van der Waals surface area contributed by atoms with Crippen molar-refractivity contribution in [3.8, 4) is 0 Å². The fourth-order valence-corrected chi connectivity index (χ4v) is 2.66. The van der Waals surface area contributed by atoms with E-state index in [-0.39, 0.29) is 5.97 Å². The molecule has 1 aromatic heterocycles. The zero-order valence-corrected chi connectivity index (χ0v) is 11.9. The molecule has 104 valence electrons. The van der Waals surface area contributed by atoms with E-state index in [0.29, 0.717) is 24.3 Å². The van der Waals surface area contributed by atoms with Gasteiger partial charge in [0.15, 0.2) is 0 Å². The summed E-state index contributed by atoms with van der Waals surface area (Å²) in [5.74, 6) is -0.186. The summed E-state index contributed by atoms with van der Waals surface area (Å²) in [6, 6.07) is 4.20. The van der Waals surface area contributed by atoms with E-state index in [1.54, 1.807) is 12.3 Å². The zero-order chi connectivity index (χ0) is 13.7. The van der Waals surface area contributed by atoms with Crippen molar-refractivity contribution in [3.05, 3.63) is 29.0 Å². The van der Waals surface area contributed by atoms with Gasteiger partial charge in [-0.1, -0.05) is 30.5 Å². The topological polar surface area (TPSA) is 42.4 Å². The van der Waals surface area contributed by atoms with Crippen LogP contribution in [0.3, 0.4) is 0 Å². The first-order valence-corrected chi connectivity index (χ1v) is 6.98. The van der Waals surface area contributed by atoms with Crippen LogP contribution in [0.4, 0.5) is 0 Å². The average Bonchev–Trinajstić information content (AvgIpc) is 2.94. The van der Waals surface area contributed by atoms with Gasteiger partial charge in [0.2, 0.25) is 0 Å². The van der Waals surface area contributed by atoms with Crippen LogP contribution in [0, 0.1) is 0 Å². The van der Waals surface area contributed by atoms with Gasteiger partial charge in [-0.05, 0) is 24.5 Å². The van der Waals surface area contributed by atoms with Gasteiger partial charge >= 0.3 is 5.97 Å². The molecule has 0 atom stereocenters. The van der Waals surface area contributed by atoms with Crippen molar-refractivity contribution in [2.75, 3.05) is 13.7 Å². The molecule has 0 unspecified atom stereocenters. The normalized spacial score (nSPS) is 15.9. The molecule has 0 aliphatic heterocycles. The standard InChI is InChI=1S/C14H19ClN2O2/c1-19-14(18)10-17(12-4-2-3-5-12)9-11-6-7-13(15)16-8-11/h6-8,12H,2-5,9-10H2,1H3. The average molecular weight is 283 g/mol. The number of esters is 1. The number of hydrogen-bond donors (Lipinski definition) is 0. The number of nitrogens with zero attached hydrogens (tertiary/aromatic N) is 2. The molecule has 1 aliphatic rings. The number of pyridine rings is 1. The van der Waals surface area contributed by atoms with Gasteiger partial charge < -0.3 is 4.74 Å². The van der Waals surface area contributed by atoms with Crippen LogP contribution >= 0.6 is 11.6 Å². The predicted octanol–water partition coefficient (Wildman–Crippen LogP) is 2.65. The fourth-order valence-electron chi connectivity index (χ4n) is 2.55. The minimum atomic E-state index is -0.186. The lowest BCUT2D eigenvalue weighted by Crippen LogP contribution is -2.37. The van der Waals surface area contributed by atoms with Crippen molar-refractivity contribution in [1.29, 1.82) is 0 Å². The van der Waals surface area contributed by atoms with Gasteiger partial charge in [0.1, 0.15) is 5.15 Å². The SMILES string of the molecule is COC(=O)CN(Cc1ccc(Cl)nc1)C1CCCC1. The Kier molecular flexibility index (Phi) is 5.16. The highest BCUT2D eigenvalue weighted by Crippen LogP contribution is 2.24. The summed E-state index contributed by atoms with van der Waals surface area (Å²) in [5, 5.41) is 0.490. The van der Waals surface area contributed by atoms with Crippen LogP contribution in [0.2, 0.25) is 5.15 Å². The van der Waals surface area contributed by atoms with Gasteiger partial charge in [-0.2, -0.15) is 0 Å². The van der Waals surface area contributed by atoms with Crippen molar-refractivity contribution < 1.29 is 9.53 Å². The van der Waals surface area contributed by atoms with Crippen molar-refractivity contribution >= 4 is 17.6 Å². The molecular formula is C14H19ClN2O2. The molecule has 5 heteroatoms. The van der Waals surface area contributed by atoms with Gasteiger partial charge in [-0.25, -0.2) is 4.98 Å². The number of hydrogen-bond acceptors (Lipinski definition) is 4. The minimum absolute atomic E-state index is 0.186. The first-order valence-electron chi connectivity index (χ1n) is 6.60. The van der Waals surface area contributed by atoms with Gasteiger partial charge in [0, 0.05) is 18.8 Å². The number of halogens is 1. The van der Waals surface area contributed by atoms with Crippen molar-refractivity contribution in [2.24, 2.45) is 0 Å². The van der Waals surface area contributed by atoms with Crippen LogP contribution in [-0.2, 0) is 16.1 Å². The quantitative estimate of drug-likeness (QED) is 0.615. The first-order chi connectivity index (χ1) is 9.19. The first kappa shape index (κ1) is 14.3. The van der Waals surface area contributed by atoms with Gasteiger partial charge in [0.05, 0.1) is 13.7 Å². The molecule has 0 amide bonds. The third kappa shape index (κ3) is 4.18. The van der Waals surface area contributed by atoms with E-state index >= 15 is 0 Å². The second-order valence-corrected chi connectivity index (χ2v) is 5.30. The summed E-state index contributed by atoms with van der Waals surface area (Å²) in [7, 11) is 1.43. The third-order valence-corrected chi connectivity index (χ3v) is 3.80. The smallest absolute Gasteiger partial charge is 0.319 e. The zero-order valence-electron chi connectivity index (χ0n) is 11.1. The number of carbonyl (C=O) groups excluding carboxylic acids is 1. The van der Waals surface area contributed by atoms with E-state index in [9.17, 15) is 4.79 Å². The van der Waals surface area contributed by atoms with E-state index in [2.05, 4.69) is 9.88 Å². The Morgan fingerprint density at radius 1 is 1.47 bits per heavy atom. The lowest BCUT2D eigenvalue weighted by Gasteiger charge is -2.27. The molecule has 19 heavy (non-hydrogen) atoms. The predicted molar refractivity (Wildman–Crippen MR) is 73.9 cm³/mol. The Morgan fingerprint density at radius 2 is 2.21 bits per heavy atom. The molecule has 0 spiro atoms. The van der Waals surface area contributed by atoms with Crippen LogP contribution in [0.1, 0.15) is 31.2 Å². The summed E-state index contributed by atoms with van der Waals surface area (Å²) in [4.78, 5) is 17.8. The largest absolute Gasteiger partial charge is 0.468 e. The Balaban J connectivity index is 2.03. The van der Waals surface area contributed by atoms with Crippen LogP contribution in [-0.4, -0.2) is 35.5 Å². The van der Waals surface area contributed by atoms with Crippen LogP contribution in [0.15, 0.2) is 18.3 Å². The summed E-state index contributed by atoms with van der Waals surface area (Å²) >= 11 is 5.78. The Hall–Kier alpha value is -1.13. The Labute approximate surface area is 118 Å². The van der Waals surface area contributed by atoms with Crippen molar-refractivity contribution in [3.63, 3.8) is 0 Å². The third-order valence-electron chi connectivity index (χ3n) is 3.58. The minimum Gasteiger partial charge on any atom is -0.468 e. The molecular weight excluding hydrogens is 264 g/mol. The Morgan fingerprint density at radius 3 is 2.79 bits per heavy atom. The fraction of sp³-hybridized carbons (Fsp3) is 0.571. The highest BCUT2D eigenvalue weighted by molar-refractivity contribution is 6.29. The van der Waals surface area contributed by atoms with E-state index in [4.69, 9.17) is 16.3 Å². The summed E-state index contributed by atoms with van der Waals surface area (Å²) < 4.78 is 4.78. The van der Waals surface area contributed by atoms with Crippen molar-refractivity contribution in [1.82, 2.24) is 9.88 Å². The molecule has 0 aromatic carbocycles. The summed E-state index contributed by atoms with van der Waals surface area (Å²) in [5.41, 5.74) is 1.07. The maximum atomic E-state index is 11.5. The highest BCUT2D eigenvalue weighted by atomic mass is 35.5. The molecule has 2 rings (SSSR count). The van der Waals surface area contributed by atoms with Crippen molar-refractivity contribution in [2.45, 2.75) is 38.3 Å². The molecule has 1 saturated carbocycles. The van der Waals surface area contributed by atoms with Gasteiger partial charge in [0.25, 0.3) is 0 Å². The Bertz CT molecular complexity index is 416. The van der Waals surface area contributed by atoms with Gasteiger partial charge in [-0.15, -0.1) is 0 Å². The van der Waals surface area contributed by atoms with E-state index < -0.39 is 0 Å². The molecule has 0 saturated heterocycles. The maximum absolute atomic E-state index is 11.5. The lowest BCUT2D eigenvalue weighted by atomic mass is 10.1. The molecule has 1 fully saturated rings. The molecule has 1 aromatic rings. The molecule has 0 N–H and O–H groups in total. The lowest BCUT2D eigenvalue weighted by molar-refractivity contribution is -0.142. The number of methoxy groups -OCH3 is 1. The molecule has 0 bridgehead atoms. The van der Waals surface area contributed by atoms with Crippen LogP contribution in [0.25, 0.3) is 0 Å². The van der Waals surface area contributed by atoms with E-state index in [0.717, 1.165) is 18.4 Å². The molecule has 4 nitrogen and oxygen atoms in total. The monoisotopic (exact) mass is 282 g/mol. The second kappa shape index (κ2) is 6.87. The van der Waals surface area contributed by atoms with E-state index in [1.165, 1.54) is 20.0 Å². The summed E-state index contributed by atoms with van der Waals surface area (Å²) in [6.45, 7) is 1.05. The molecule has 1 aliphatic carbocycles.